The van der Waals surface area contributed by atoms with E-state index < -0.39 is 0 Å². The van der Waals surface area contributed by atoms with Crippen LogP contribution in [0.25, 0.3) is 10.9 Å². The molecular formula is C27H31ClN4O. The van der Waals surface area contributed by atoms with Crippen molar-refractivity contribution in [2.45, 2.75) is 32.2 Å². The van der Waals surface area contributed by atoms with Gasteiger partial charge in [-0.15, -0.1) is 0 Å². The second kappa shape index (κ2) is 10.2. The summed E-state index contributed by atoms with van der Waals surface area (Å²) in [6, 6.07) is 16.3. The van der Waals surface area contributed by atoms with Gasteiger partial charge in [-0.2, -0.15) is 0 Å². The van der Waals surface area contributed by atoms with Crippen LogP contribution in [0.3, 0.4) is 0 Å². The minimum Gasteiger partial charge on any atom is -0.351 e. The summed E-state index contributed by atoms with van der Waals surface area (Å²) in [6.45, 7) is 6.71. The minimum absolute atomic E-state index is 0.0461. The molecule has 0 bridgehead atoms. The number of hydrogen-bond acceptors (Lipinski definition) is 4. The maximum Gasteiger partial charge on any atom is 0.251 e. The molecule has 0 unspecified atom stereocenters. The topological polar surface area (TPSA) is 48.5 Å². The van der Waals surface area contributed by atoms with Crippen LogP contribution in [0.15, 0.2) is 48.5 Å². The third-order valence-corrected chi connectivity index (χ3v) is 7.31. The average molecular weight is 463 g/mol. The van der Waals surface area contributed by atoms with Crippen molar-refractivity contribution in [3.63, 3.8) is 0 Å². The van der Waals surface area contributed by atoms with E-state index in [-0.39, 0.29) is 5.91 Å². The number of rotatable bonds is 6. The van der Waals surface area contributed by atoms with E-state index in [1.807, 2.05) is 18.2 Å². The Morgan fingerprint density at radius 3 is 2.55 bits per heavy atom. The summed E-state index contributed by atoms with van der Waals surface area (Å²) in [5.74, 6) is -0.0461. The quantitative estimate of drug-likeness (QED) is 0.592. The van der Waals surface area contributed by atoms with Crippen LogP contribution in [0.2, 0.25) is 5.02 Å². The molecule has 2 heterocycles. The van der Waals surface area contributed by atoms with E-state index in [1.165, 1.54) is 17.5 Å². The summed E-state index contributed by atoms with van der Waals surface area (Å²) in [4.78, 5) is 22.5. The lowest BCUT2D eigenvalue weighted by Crippen LogP contribution is -2.48. The molecular weight excluding hydrogens is 432 g/mol. The molecule has 33 heavy (non-hydrogen) atoms. The largest absolute Gasteiger partial charge is 0.351 e. The number of fused-ring (bicyclic) bond motifs is 2. The van der Waals surface area contributed by atoms with Crippen LogP contribution in [0, 0.1) is 0 Å². The monoisotopic (exact) mass is 462 g/mol. The molecule has 1 aliphatic carbocycles. The number of pyridine rings is 1. The van der Waals surface area contributed by atoms with Gasteiger partial charge in [0.25, 0.3) is 5.91 Å². The molecule has 0 saturated carbocycles. The zero-order valence-corrected chi connectivity index (χ0v) is 19.8. The molecule has 1 N–H and O–H groups in total. The Hall–Kier alpha value is -2.47. The summed E-state index contributed by atoms with van der Waals surface area (Å²) >= 11 is 6.67. The van der Waals surface area contributed by atoms with Crippen molar-refractivity contribution in [3.8, 4) is 0 Å². The zero-order chi connectivity index (χ0) is 22.6. The van der Waals surface area contributed by atoms with Crippen molar-refractivity contribution in [3.05, 3.63) is 75.9 Å². The number of piperazine rings is 1. The smallest absolute Gasteiger partial charge is 0.251 e. The standard InChI is InChI=1S/C27H31ClN4O/c28-26-22-8-4-5-9-24(22)30-25-18-21(10-11-23(25)26)27(33)29-12-13-31-14-16-32(17-15-31)19-20-6-2-1-3-7-20/h1-3,6-7,10-11,18H,4-5,8-9,12-17,19H2,(H,29,33). The second-order valence-electron chi connectivity index (χ2n) is 9.15. The van der Waals surface area contributed by atoms with E-state index >= 15 is 0 Å². The molecule has 6 heteroatoms. The Kier molecular flexibility index (Phi) is 6.91. The summed E-state index contributed by atoms with van der Waals surface area (Å²) in [6.07, 6.45) is 4.30. The molecule has 5 rings (SSSR count). The Bertz CT molecular complexity index is 1130. The number of carbonyl (C=O) groups is 1. The Balaban J connectivity index is 1.12. The van der Waals surface area contributed by atoms with Crippen LogP contribution in [-0.4, -0.2) is 60.0 Å². The van der Waals surface area contributed by atoms with Crippen molar-refractivity contribution >= 4 is 28.4 Å². The highest BCUT2D eigenvalue weighted by Crippen LogP contribution is 2.33. The van der Waals surface area contributed by atoms with Crippen LogP contribution in [-0.2, 0) is 19.4 Å². The SMILES string of the molecule is O=C(NCCN1CCN(Cc2ccccc2)CC1)c1ccc2c(Cl)c3c(nc2c1)CCCC3. The zero-order valence-electron chi connectivity index (χ0n) is 19.0. The van der Waals surface area contributed by atoms with E-state index in [0.717, 1.165) is 80.2 Å². The number of aromatic nitrogens is 1. The molecule has 172 valence electrons. The number of benzene rings is 2. The second-order valence-corrected chi connectivity index (χ2v) is 9.53. The van der Waals surface area contributed by atoms with Gasteiger partial charge in [-0.05, 0) is 48.9 Å². The fourth-order valence-electron chi connectivity index (χ4n) is 4.95. The molecule has 1 amide bonds. The highest BCUT2D eigenvalue weighted by molar-refractivity contribution is 6.36. The normalized spacial score (nSPS) is 17.1. The van der Waals surface area contributed by atoms with Gasteiger partial charge in [-0.3, -0.25) is 19.6 Å². The fourth-order valence-corrected chi connectivity index (χ4v) is 5.31. The third-order valence-electron chi connectivity index (χ3n) is 6.88. The molecule has 1 aliphatic heterocycles. The van der Waals surface area contributed by atoms with E-state index in [2.05, 4.69) is 45.4 Å². The Morgan fingerprint density at radius 1 is 0.970 bits per heavy atom. The first-order chi connectivity index (χ1) is 16.2. The van der Waals surface area contributed by atoms with Crippen molar-refractivity contribution in [2.24, 2.45) is 0 Å². The van der Waals surface area contributed by atoms with Gasteiger partial charge in [0.05, 0.1) is 10.5 Å². The maximum atomic E-state index is 12.8. The number of aryl methyl sites for hydroxylation is 1. The third kappa shape index (κ3) is 5.21. The molecule has 1 saturated heterocycles. The number of halogens is 1. The van der Waals surface area contributed by atoms with Crippen LogP contribution in [0.4, 0.5) is 0 Å². The molecule has 0 spiro atoms. The van der Waals surface area contributed by atoms with Gasteiger partial charge in [0, 0.05) is 62.5 Å². The van der Waals surface area contributed by atoms with E-state index in [0.29, 0.717) is 12.1 Å². The van der Waals surface area contributed by atoms with Crippen LogP contribution in [0.1, 0.15) is 40.0 Å². The first kappa shape index (κ1) is 22.3. The maximum absolute atomic E-state index is 12.8. The summed E-state index contributed by atoms with van der Waals surface area (Å²) < 4.78 is 0. The first-order valence-corrected chi connectivity index (χ1v) is 12.4. The van der Waals surface area contributed by atoms with Gasteiger partial charge in [0.2, 0.25) is 0 Å². The fraction of sp³-hybridized carbons (Fsp3) is 0.407. The van der Waals surface area contributed by atoms with Gasteiger partial charge in [-0.25, -0.2) is 0 Å². The highest BCUT2D eigenvalue weighted by atomic mass is 35.5. The highest BCUT2D eigenvalue weighted by Gasteiger charge is 2.19. The lowest BCUT2D eigenvalue weighted by Gasteiger charge is -2.34. The molecule has 3 aromatic rings. The van der Waals surface area contributed by atoms with Crippen LogP contribution in [0.5, 0.6) is 0 Å². The number of amides is 1. The van der Waals surface area contributed by atoms with Gasteiger partial charge in [-0.1, -0.05) is 48.0 Å². The van der Waals surface area contributed by atoms with Crippen molar-refractivity contribution in [2.75, 3.05) is 39.3 Å². The van der Waals surface area contributed by atoms with Crippen molar-refractivity contribution < 1.29 is 4.79 Å². The number of nitrogens with one attached hydrogen (secondary N) is 1. The van der Waals surface area contributed by atoms with E-state index in [9.17, 15) is 4.79 Å². The molecule has 0 radical (unpaired) electrons. The predicted molar refractivity (Wildman–Crippen MR) is 134 cm³/mol. The molecule has 2 aliphatic rings. The number of carbonyl (C=O) groups excluding carboxylic acids is 1. The van der Waals surface area contributed by atoms with Gasteiger partial charge in [0.1, 0.15) is 0 Å². The summed E-state index contributed by atoms with van der Waals surface area (Å²) in [7, 11) is 0. The van der Waals surface area contributed by atoms with E-state index in [1.54, 1.807) is 0 Å². The van der Waals surface area contributed by atoms with Gasteiger partial charge in [0.15, 0.2) is 0 Å². The van der Waals surface area contributed by atoms with E-state index in [4.69, 9.17) is 16.6 Å². The van der Waals surface area contributed by atoms with Gasteiger partial charge < -0.3 is 5.32 Å². The van der Waals surface area contributed by atoms with Crippen LogP contribution >= 0.6 is 11.6 Å². The lowest BCUT2D eigenvalue weighted by molar-refractivity contribution is 0.0934. The summed E-state index contributed by atoms with van der Waals surface area (Å²) in [5.41, 5.74) is 5.13. The number of hydrogen-bond donors (Lipinski definition) is 1. The minimum atomic E-state index is -0.0461. The molecule has 1 aromatic heterocycles. The average Bonchev–Trinajstić information content (AvgIpc) is 2.85. The molecule has 0 atom stereocenters. The Labute approximate surface area is 200 Å². The number of nitrogens with zero attached hydrogens (tertiary/aromatic N) is 3. The molecule has 5 nitrogen and oxygen atoms in total. The van der Waals surface area contributed by atoms with Crippen LogP contribution < -0.4 is 5.32 Å². The summed E-state index contributed by atoms with van der Waals surface area (Å²) in [5, 5.41) is 4.84. The lowest BCUT2D eigenvalue weighted by atomic mass is 9.94. The Morgan fingerprint density at radius 2 is 1.73 bits per heavy atom. The van der Waals surface area contributed by atoms with Gasteiger partial charge >= 0.3 is 0 Å². The van der Waals surface area contributed by atoms with Crippen molar-refractivity contribution in [1.29, 1.82) is 0 Å². The van der Waals surface area contributed by atoms with Crippen molar-refractivity contribution in [1.82, 2.24) is 20.1 Å². The predicted octanol–water partition coefficient (Wildman–Crippen LogP) is 4.31. The molecule has 2 aromatic carbocycles. The first-order valence-electron chi connectivity index (χ1n) is 12.1. The molecule has 1 fully saturated rings.